The second-order valence-corrected chi connectivity index (χ2v) is 3.65. The Morgan fingerprint density at radius 3 is 2.77 bits per heavy atom. The van der Waals surface area contributed by atoms with Gasteiger partial charge in [0.05, 0.1) is 18.8 Å². The van der Waals surface area contributed by atoms with Crippen molar-refractivity contribution in [1.82, 2.24) is 5.32 Å². The molecule has 0 saturated carbocycles. The Labute approximate surface area is 76.3 Å². The smallest absolute Gasteiger partial charge is 0.110 e. The van der Waals surface area contributed by atoms with Crippen molar-refractivity contribution in [2.75, 3.05) is 13.2 Å². The van der Waals surface area contributed by atoms with Crippen molar-refractivity contribution in [1.29, 1.82) is 0 Å². The van der Waals surface area contributed by atoms with Gasteiger partial charge in [0.15, 0.2) is 0 Å². The first-order valence-corrected chi connectivity index (χ1v) is 4.60. The van der Waals surface area contributed by atoms with Crippen LogP contribution in [0.25, 0.3) is 0 Å². The second-order valence-electron chi connectivity index (χ2n) is 3.65. The normalized spacial score (nSPS) is 50.5. The molecule has 5 atom stereocenters. The van der Waals surface area contributed by atoms with E-state index < -0.39 is 18.3 Å². The molecule has 2 aliphatic heterocycles. The molecule has 2 saturated heterocycles. The number of fused-ring (bicyclic) bond motifs is 1. The fraction of sp³-hybridized carbons (Fsp3) is 1.00. The molecule has 5 heteroatoms. The zero-order valence-electron chi connectivity index (χ0n) is 7.26. The van der Waals surface area contributed by atoms with Crippen LogP contribution in [0.15, 0.2) is 0 Å². The van der Waals surface area contributed by atoms with Gasteiger partial charge < -0.3 is 25.4 Å². The minimum Gasteiger partial charge on any atom is -0.394 e. The van der Waals surface area contributed by atoms with Gasteiger partial charge in [-0.2, -0.15) is 0 Å². The summed E-state index contributed by atoms with van der Waals surface area (Å²) in [6.45, 7) is 0.540. The van der Waals surface area contributed by atoms with E-state index in [1.54, 1.807) is 0 Å². The van der Waals surface area contributed by atoms with Gasteiger partial charge in [0, 0.05) is 0 Å². The van der Waals surface area contributed by atoms with E-state index in [0.29, 0.717) is 0 Å². The molecule has 76 valence electrons. The lowest BCUT2D eigenvalue weighted by molar-refractivity contribution is -0.184. The average molecular weight is 189 g/mol. The van der Waals surface area contributed by atoms with Gasteiger partial charge in [0.2, 0.25) is 0 Å². The molecule has 0 aliphatic carbocycles. The minimum absolute atomic E-state index is 0.0736. The fourth-order valence-corrected chi connectivity index (χ4v) is 2.09. The van der Waals surface area contributed by atoms with Crippen LogP contribution in [0, 0.1) is 0 Å². The number of aliphatic hydroxyl groups excluding tert-OH is 3. The van der Waals surface area contributed by atoms with Crippen LogP contribution < -0.4 is 5.32 Å². The Balaban J connectivity index is 2.08. The lowest BCUT2D eigenvalue weighted by atomic mass is 9.94. The second kappa shape index (κ2) is 3.51. The summed E-state index contributed by atoms with van der Waals surface area (Å²) in [5.74, 6) is 0. The van der Waals surface area contributed by atoms with Crippen LogP contribution in [0.5, 0.6) is 0 Å². The molecular formula is C8H15NO4. The SMILES string of the molecule is OC[C@H]1OC2CCN[C@@H]2[C@@H](O)[C@H]1O. The average Bonchev–Trinajstić information content (AvgIpc) is 2.59. The van der Waals surface area contributed by atoms with E-state index in [1.165, 1.54) is 0 Å². The molecule has 2 aliphatic rings. The standard InChI is InChI=1S/C8H15NO4/c10-3-5-7(11)8(12)6-4(13-5)1-2-9-6/h4-12H,1-3H2/t4?,5-,6+,7+,8-/m1/s1. The van der Waals surface area contributed by atoms with Gasteiger partial charge in [-0.15, -0.1) is 0 Å². The van der Waals surface area contributed by atoms with E-state index in [1.807, 2.05) is 0 Å². The lowest BCUT2D eigenvalue weighted by Crippen LogP contribution is -2.59. The Morgan fingerprint density at radius 2 is 2.08 bits per heavy atom. The number of aliphatic hydroxyl groups is 3. The largest absolute Gasteiger partial charge is 0.394 e. The van der Waals surface area contributed by atoms with Gasteiger partial charge in [-0.05, 0) is 13.0 Å². The van der Waals surface area contributed by atoms with Crippen molar-refractivity contribution in [2.24, 2.45) is 0 Å². The van der Waals surface area contributed by atoms with Crippen molar-refractivity contribution in [3.05, 3.63) is 0 Å². The van der Waals surface area contributed by atoms with Crippen molar-refractivity contribution in [2.45, 2.75) is 36.9 Å². The number of hydrogen-bond acceptors (Lipinski definition) is 5. The van der Waals surface area contributed by atoms with Crippen LogP contribution in [-0.2, 0) is 4.74 Å². The third kappa shape index (κ3) is 1.47. The quantitative estimate of drug-likeness (QED) is 0.377. The molecule has 13 heavy (non-hydrogen) atoms. The van der Waals surface area contributed by atoms with Crippen molar-refractivity contribution < 1.29 is 20.1 Å². The first-order chi connectivity index (χ1) is 6.24. The van der Waals surface area contributed by atoms with Crippen LogP contribution in [0.3, 0.4) is 0 Å². The van der Waals surface area contributed by atoms with E-state index in [2.05, 4.69) is 5.32 Å². The summed E-state index contributed by atoms with van der Waals surface area (Å²) in [6, 6.07) is -0.183. The van der Waals surface area contributed by atoms with Crippen molar-refractivity contribution >= 4 is 0 Å². The number of ether oxygens (including phenoxy) is 1. The molecule has 2 fully saturated rings. The maximum absolute atomic E-state index is 9.65. The molecule has 0 spiro atoms. The summed E-state index contributed by atoms with van der Waals surface area (Å²) in [4.78, 5) is 0. The van der Waals surface area contributed by atoms with Crippen molar-refractivity contribution in [3.63, 3.8) is 0 Å². The molecule has 4 N–H and O–H groups in total. The summed E-state index contributed by atoms with van der Waals surface area (Å²) in [6.07, 6.45) is -1.72. The number of rotatable bonds is 1. The highest BCUT2D eigenvalue weighted by molar-refractivity contribution is 4.99. The van der Waals surface area contributed by atoms with E-state index in [9.17, 15) is 10.2 Å². The third-order valence-corrected chi connectivity index (χ3v) is 2.84. The molecule has 0 aromatic heterocycles. The first-order valence-electron chi connectivity index (χ1n) is 4.60. The van der Waals surface area contributed by atoms with Gasteiger partial charge in [-0.25, -0.2) is 0 Å². The number of nitrogens with one attached hydrogen (secondary N) is 1. The van der Waals surface area contributed by atoms with Gasteiger partial charge in [0.25, 0.3) is 0 Å². The summed E-state index contributed by atoms with van der Waals surface area (Å²) < 4.78 is 5.42. The minimum atomic E-state index is -0.989. The highest BCUT2D eigenvalue weighted by atomic mass is 16.5. The Kier molecular flexibility index (Phi) is 2.53. The van der Waals surface area contributed by atoms with Gasteiger partial charge in [0.1, 0.15) is 18.3 Å². The molecule has 2 heterocycles. The predicted molar refractivity (Wildman–Crippen MR) is 44.2 cm³/mol. The summed E-state index contributed by atoms with van der Waals surface area (Å²) in [5, 5.41) is 31.1. The van der Waals surface area contributed by atoms with Crippen LogP contribution in [-0.4, -0.2) is 58.9 Å². The topological polar surface area (TPSA) is 82.0 Å². The molecule has 5 nitrogen and oxygen atoms in total. The third-order valence-electron chi connectivity index (χ3n) is 2.84. The summed E-state index contributed by atoms with van der Waals surface area (Å²) >= 11 is 0. The highest BCUT2D eigenvalue weighted by Gasteiger charge is 2.45. The fourth-order valence-electron chi connectivity index (χ4n) is 2.09. The molecule has 0 radical (unpaired) electrons. The van der Waals surface area contributed by atoms with Gasteiger partial charge >= 0.3 is 0 Å². The Morgan fingerprint density at radius 1 is 1.31 bits per heavy atom. The first kappa shape index (κ1) is 9.36. The zero-order chi connectivity index (χ0) is 9.42. The van der Waals surface area contributed by atoms with E-state index in [4.69, 9.17) is 9.84 Å². The van der Waals surface area contributed by atoms with E-state index in [0.717, 1.165) is 13.0 Å². The molecule has 0 aromatic carbocycles. The molecule has 0 bridgehead atoms. The predicted octanol–water partition coefficient (Wildman–Crippen LogP) is -2.17. The Bertz CT molecular complexity index is 189. The van der Waals surface area contributed by atoms with Crippen molar-refractivity contribution in [3.8, 4) is 0 Å². The monoisotopic (exact) mass is 189 g/mol. The molecule has 0 aromatic rings. The molecule has 2 rings (SSSR count). The van der Waals surface area contributed by atoms with Crippen LogP contribution in [0.1, 0.15) is 6.42 Å². The molecular weight excluding hydrogens is 174 g/mol. The highest BCUT2D eigenvalue weighted by Crippen LogP contribution is 2.25. The number of hydrogen-bond donors (Lipinski definition) is 4. The molecule has 0 amide bonds. The van der Waals surface area contributed by atoms with Crippen LogP contribution >= 0.6 is 0 Å². The van der Waals surface area contributed by atoms with E-state index >= 15 is 0 Å². The van der Waals surface area contributed by atoms with Gasteiger partial charge in [-0.1, -0.05) is 0 Å². The summed E-state index contributed by atoms with van der Waals surface area (Å²) in [7, 11) is 0. The molecule has 1 unspecified atom stereocenters. The van der Waals surface area contributed by atoms with Crippen LogP contribution in [0.2, 0.25) is 0 Å². The lowest BCUT2D eigenvalue weighted by Gasteiger charge is -2.39. The zero-order valence-corrected chi connectivity index (χ0v) is 7.26. The maximum Gasteiger partial charge on any atom is 0.110 e. The Hall–Kier alpha value is -0.200. The maximum atomic E-state index is 9.65. The van der Waals surface area contributed by atoms with E-state index in [-0.39, 0.29) is 18.8 Å². The summed E-state index contributed by atoms with van der Waals surface area (Å²) in [5.41, 5.74) is 0. The van der Waals surface area contributed by atoms with Gasteiger partial charge in [-0.3, -0.25) is 0 Å². The van der Waals surface area contributed by atoms with Crippen LogP contribution in [0.4, 0.5) is 0 Å².